The van der Waals surface area contributed by atoms with Crippen molar-refractivity contribution in [1.82, 2.24) is 5.32 Å². The van der Waals surface area contributed by atoms with E-state index in [-0.39, 0.29) is 17.7 Å². The van der Waals surface area contributed by atoms with E-state index >= 15 is 0 Å². The summed E-state index contributed by atoms with van der Waals surface area (Å²) in [5.41, 5.74) is -0.156. The molecule has 7 heteroatoms. The van der Waals surface area contributed by atoms with Crippen molar-refractivity contribution < 1.29 is 30.0 Å². The van der Waals surface area contributed by atoms with Crippen LogP contribution in [0.1, 0.15) is 16.8 Å². The predicted octanol–water partition coefficient (Wildman–Crippen LogP) is -0.337. The number of carbonyl (C=O) groups is 2. The van der Waals surface area contributed by atoms with Gasteiger partial charge in [0.2, 0.25) is 0 Å². The van der Waals surface area contributed by atoms with E-state index in [1.807, 2.05) is 0 Å². The molecule has 0 saturated heterocycles. The number of phenolic OH excluding ortho intramolecular Hbond substituents is 2. The summed E-state index contributed by atoms with van der Waals surface area (Å²) in [4.78, 5) is 22.4. The van der Waals surface area contributed by atoms with Crippen LogP contribution in [-0.4, -0.2) is 45.0 Å². The van der Waals surface area contributed by atoms with Crippen molar-refractivity contribution in [3.8, 4) is 11.5 Å². The Bertz CT molecular complexity index is 459. The SMILES string of the molecule is O=C(NC(CCO)C(=O)O)c1ccc(O)cc1O. The summed E-state index contributed by atoms with van der Waals surface area (Å²) in [6.45, 7) is -0.390. The number of benzene rings is 1. The molecular weight excluding hydrogens is 242 g/mol. The Morgan fingerprint density at radius 1 is 1.28 bits per heavy atom. The molecule has 0 bridgehead atoms. The van der Waals surface area contributed by atoms with Gasteiger partial charge in [-0.2, -0.15) is 0 Å². The molecule has 0 fully saturated rings. The number of hydrogen-bond donors (Lipinski definition) is 5. The van der Waals surface area contributed by atoms with E-state index in [1.165, 1.54) is 6.07 Å². The lowest BCUT2D eigenvalue weighted by atomic mass is 10.1. The van der Waals surface area contributed by atoms with E-state index in [9.17, 15) is 14.7 Å². The number of carboxylic acids is 1. The first kappa shape index (κ1) is 13.8. The summed E-state index contributed by atoms with van der Waals surface area (Å²) in [5, 5.41) is 38.1. The number of hydrogen-bond acceptors (Lipinski definition) is 5. The van der Waals surface area contributed by atoms with E-state index in [4.69, 9.17) is 15.3 Å². The monoisotopic (exact) mass is 255 g/mol. The fourth-order valence-corrected chi connectivity index (χ4v) is 1.33. The van der Waals surface area contributed by atoms with Gasteiger partial charge in [-0.1, -0.05) is 0 Å². The van der Waals surface area contributed by atoms with Crippen molar-refractivity contribution in [3.63, 3.8) is 0 Å². The van der Waals surface area contributed by atoms with Crippen molar-refractivity contribution in [2.45, 2.75) is 12.5 Å². The van der Waals surface area contributed by atoms with Crippen LogP contribution in [-0.2, 0) is 4.79 Å². The van der Waals surface area contributed by atoms with Crippen LogP contribution in [0, 0.1) is 0 Å². The minimum absolute atomic E-state index is 0.139. The largest absolute Gasteiger partial charge is 0.508 e. The second-order valence-electron chi connectivity index (χ2n) is 3.58. The molecular formula is C11H13NO6. The number of phenols is 2. The average Bonchev–Trinajstić information content (AvgIpc) is 2.27. The molecule has 0 radical (unpaired) electrons. The maximum absolute atomic E-state index is 11.7. The molecule has 0 heterocycles. The third kappa shape index (κ3) is 3.36. The number of carboxylic acid groups (broad SMARTS) is 1. The zero-order valence-electron chi connectivity index (χ0n) is 9.33. The number of aliphatic hydroxyl groups excluding tert-OH is 1. The van der Waals surface area contributed by atoms with Crippen LogP contribution < -0.4 is 5.32 Å². The van der Waals surface area contributed by atoms with Crippen molar-refractivity contribution in [2.75, 3.05) is 6.61 Å². The van der Waals surface area contributed by atoms with Crippen molar-refractivity contribution >= 4 is 11.9 Å². The third-order valence-electron chi connectivity index (χ3n) is 2.25. The van der Waals surface area contributed by atoms with Crippen molar-refractivity contribution in [3.05, 3.63) is 23.8 Å². The molecule has 0 saturated carbocycles. The zero-order chi connectivity index (χ0) is 13.7. The molecule has 1 aromatic carbocycles. The van der Waals surface area contributed by atoms with Crippen molar-refractivity contribution in [2.24, 2.45) is 0 Å². The highest BCUT2D eigenvalue weighted by molar-refractivity contribution is 5.98. The van der Waals surface area contributed by atoms with E-state index < -0.39 is 30.3 Å². The summed E-state index contributed by atoms with van der Waals surface area (Å²) in [7, 11) is 0. The van der Waals surface area contributed by atoms with Crippen LogP contribution in [0.4, 0.5) is 0 Å². The number of aliphatic hydroxyl groups is 1. The number of aromatic hydroxyl groups is 2. The molecule has 1 amide bonds. The molecule has 0 spiro atoms. The van der Waals surface area contributed by atoms with E-state index in [1.54, 1.807) is 0 Å². The quantitative estimate of drug-likeness (QED) is 0.490. The van der Waals surface area contributed by atoms with Crippen LogP contribution in [0.5, 0.6) is 11.5 Å². The van der Waals surface area contributed by atoms with Crippen LogP contribution in [0.25, 0.3) is 0 Å². The Balaban J connectivity index is 2.83. The fourth-order valence-electron chi connectivity index (χ4n) is 1.33. The van der Waals surface area contributed by atoms with Crippen LogP contribution in [0.15, 0.2) is 18.2 Å². The number of rotatable bonds is 5. The standard InChI is InChI=1S/C11H13NO6/c13-4-3-8(11(17)18)12-10(16)7-2-1-6(14)5-9(7)15/h1-2,5,8,13-15H,3-4H2,(H,12,16)(H,17,18). The topological polar surface area (TPSA) is 127 Å². The van der Waals surface area contributed by atoms with E-state index in [2.05, 4.69) is 5.32 Å². The second kappa shape index (κ2) is 5.87. The highest BCUT2D eigenvalue weighted by Crippen LogP contribution is 2.22. The van der Waals surface area contributed by atoms with Gasteiger partial charge in [0.1, 0.15) is 17.5 Å². The van der Waals surface area contributed by atoms with Crippen LogP contribution >= 0.6 is 0 Å². The van der Waals surface area contributed by atoms with Gasteiger partial charge in [0.05, 0.1) is 5.56 Å². The summed E-state index contributed by atoms with van der Waals surface area (Å²) in [6.07, 6.45) is -0.139. The molecule has 0 aliphatic carbocycles. The molecule has 0 aromatic heterocycles. The number of nitrogens with one attached hydrogen (secondary N) is 1. The lowest BCUT2D eigenvalue weighted by Gasteiger charge is -2.13. The van der Waals surface area contributed by atoms with Gasteiger partial charge in [0.15, 0.2) is 0 Å². The molecule has 1 aromatic rings. The summed E-state index contributed by atoms with van der Waals surface area (Å²) >= 11 is 0. The lowest BCUT2D eigenvalue weighted by Crippen LogP contribution is -2.41. The van der Waals surface area contributed by atoms with Gasteiger partial charge in [0.25, 0.3) is 5.91 Å². The molecule has 1 rings (SSSR count). The van der Waals surface area contributed by atoms with Crippen LogP contribution in [0.2, 0.25) is 0 Å². The van der Waals surface area contributed by atoms with Gasteiger partial charge in [-0.15, -0.1) is 0 Å². The molecule has 0 aliphatic rings. The maximum Gasteiger partial charge on any atom is 0.326 e. The molecule has 1 unspecified atom stereocenters. The molecule has 5 N–H and O–H groups in total. The normalized spacial score (nSPS) is 11.8. The number of carbonyl (C=O) groups excluding carboxylic acids is 1. The van der Waals surface area contributed by atoms with Crippen LogP contribution in [0.3, 0.4) is 0 Å². The van der Waals surface area contributed by atoms with Gasteiger partial charge in [0, 0.05) is 19.1 Å². The third-order valence-corrected chi connectivity index (χ3v) is 2.25. The molecule has 18 heavy (non-hydrogen) atoms. The minimum Gasteiger partial charge on any atom is -0.508 e. The van der Waals surface area contributed by atoms with E-state index in [0.29, 0.717) is 0 Å². The Hall–Kier alpha value is -2.28. The number of amides is 1. The predicted molar refractivity (Wildman–Crippen MR) is 60.4 cm³/mol. The molecule has 1 atom stereocenters. The Morgan fingerprint density at radius 2 is 1.94 bits per heavy atom. The number of aliphatic carboxylic acids is 1. The highest BCUT2D eigenvalue weighted by atomic mass is 16.4. The Labute approximate surface area is 102 Å². The first-order valence-electron chi connectivity index (χ1n) is 5.12. The van der Waals surface area contributed by atoms with Gasteiger partial charge < -0.3 is 25.7 Å². The summed E-state index contributed by atoms with van der Waals surface area (Å²) in [5.74, 6) is -2.75. The van der Waals surface area contributed by atoms with E-state index in [0.717, 1.165) is 12.1 Å². The van der Waals surface area contributed by atoms with Gasteiger partial charge in [-0.25, -0.2) is 4.79 Å². The highest BCUT2D eigenvalue weighted by Gasteiger charge is 2.21. The average molecular weight is 255 g/mol. The zero-order valence-corrected chi connectivity index (χ0v) is 9.33. The smallest absolute Gasteiger partial charge is 0.326 e. The fraction of sp³-hybridized carbons (Fsp3) is 0.273. The first-order chi connectivity index (χ1) is 8.45. The van der Waals surface area contributed by atoms with Crippen molar-refractivity contribution in [1.29, 1.82) is 0 Å². The van der Waals surface area contributed by atoms with Gasteiger partial charge in [-0.05, 0) is 12.1 Å². The summed E-state index contributed by atoms with van der Waals surface area (Å²) < 4.78 is 0. The molecule has 0 aliphatic heterocycles. The first-order valence-corrected chi connectivity index (χ1v) is 5.12. The molecule has 7 nitrogen and oxygen atoms in total. The lowest BCUT2D eigenvalue weighted by molar-refractivity contribution is -0.139. The second-order valence-corrected chi connectivity index (χ2v) is 3.58. The van der Waals surface area contributed by atoms with Gasteiger partial charge >= 0.3 is 5.97 Å². The Kier molecular flexibility index (Phi) is 4.50. The minimum atomic E-state index is -1.28. The van der Waals surface area contributed by atoms with Gasteiger partial charge in [-0.3, -0.25) is 4.79 Å². The maximum atomic E-state index is 11.7. The summed E-state index contributed by atoms with van der Waals surface area (Å²) in [6, 6.07) is 2.08. The molecule has 98 valence electrons. The Morgan fingerprint density at radius 3 is 2.44 bits per heavy atom.